The highest BCUT2D eigenvalue weighted by atomic mass is 19.1. The van der Waals surface area contributed by atoms with Gasteiger partial charge in [-0.05, 0) is 31.5 Å². The van der Waals surface area contributed by atoms with Gasteiger partial charge < -0.3 is 10.0 Å². The van der Waals surface area contributed by atoms with Crippen LogP contribution in [-0.4, -0.2) is 40.1 Å². The van der Waals surface area contributed by atoms with Gasteiger partial charge in [-0.2, -0.15) is 0 Å². The van der Waals surface area contributed by atoms with E-state index in [1.807, 2.05) is 0 Å². The molecule has 0 spiro atoms. The second kappa shape index (κ2) is 4.83. The zero-order valence-corrected chi connectivity index (χ0v) is 11.1. The number of aliphatic hydroxyl groups excluding tert-OH is 1. The van der Waals surface area contributed by atoms with E-state index in [0.29, 0.717) is 41.7 Å². The number of carbonyl (C=O) groups excluding carboxylic acids is 1. The molecule has 2 aromatic rings. The Kier molecular flexibility index (Phi) is 3.14. The van der Waals surface area contributed by atoms with Gasteiger partial charge in [-0.15, -0.1) is 0 Å². The summed E-state index contributed by atoms with van der Waals surface area (Å²) in [6, 6.07) is 5.96. The van der Waals surface area contributed by atoms with Crippen molar-refractivity contribution in [1.29, 1.82) is 0 Å². The molecule has 104 valence electrons. The van der Waals surface area contributed by atoms with Gasteiger partial charge in [0.2, 0.25) is 0 Å². The fourth-order valence-electron chi connectivity index (χ4n) is 2.61. The molecule has 1 aromatic carbocycles. The summed E-state index contributed by atoms with van der Waals surface area (Å²) in [4.78, 5) is 18.4. The Morgan fingerprint density at radius 2 is 2.25 bits per heavy atom. The zero-order chi connectivity index (χ0) is 14.3. The van der Waals surface area contributed by atoms with E-state index in [9.17, 15) is 14.3 Å². The summed E-state index contributed by atoms with van der Waals surface area (Å²) in [7, 11) is 0. The third-order valence-corrected chi connectivity index (χ3v) is 3.58. The lowest BCUT2D eigenvalue weighted by Crippen LogP contribution is -2.29. The van der Waals surface area contributed by atoms with Gasteiger partial charge in [0.1, 0.15) is 5.82 Å². The third-order valence-electron chi connectivity index (χ3n) is 3.58. The second-order valence-corrected chi connectivity index (χ2v) is 5.17. The Bertz CT molecular complexity index is 682. The van der Waals surface area contributed by atoms with E-state index in [1.54, 1.807) is 24.0 Å². The van der Waals surface area contributed by atoms with Crippen LogP contribution in [0.4, 0.5) is 4.39 Å². The lowest BCUT2D eigenvalue weighted by atomic mass is 10.1. The van der Waals surface area contributed by atoms with Crippen molar-refractivity contribution in [2.24, 2.45) is 0 Å². The van der Waals surface area contributed by atoms with Gasteiger partial charge in [0.15, 0.2) is 0 Å². The third kappa shape index (κ3) is 2.25. The molecule has 20 heavy (non-hydrogen) atoms. The SMILES string of the molecule is Cc1cc(C(=O)N2CCC(O)C2)c2ccc(F)cc2n1. The largest absolute Gasteiger partial charge is 0.391 e. The summed E-state index contributed by atoms with van der Waals surface area (Å²) in [6.07, 6.45) is 0.146. The number of hydrogen-bond acceptors (Lipinski definition) is 3. The first kappa shape index (κ1) is 13.0. The molecule has 4 nitrogen and oxygen atoms in total. The molecular formula is C15H15FN2O2. The molecule has 1 amide bonds. The molecule has 1 fully saturated rings. The Hall–Kier alpha value is -2.01. The Morgan fingerprint density at radius 3 is 2.95 bits per heavy atom. The van der Waals surface area contributed by atoms with Gasteiger partial charge in [-0.25, -0.2) is 4.39 Å². The topological polar surface area (TPSA) is 53.4 Å². The van der Waals surface area contributed by atoms with Crippen molar-refractivity contribution in [2.75, 3.05) is 13.1 Å². The lowest BCUT2D eigenvalue weighted by Gasteiger charge is -2.17. The van der Waals surface area contributed by atoms with Gasteiger partial charge in [0, 0.05) is 30.2 Å². The second-order valence-electron chi connectivity index (χ2n) is 5.17. The number of hydrogen-bond donors (Lipinski definition) is 1. The quantitative estimate of drug-likeness (QED) is 0.864. The van der Waals surface area contributed by atoms with E-state index in [-0.39, 0.29) is 11.7 Å². The number of carbonyl (C=O) groups is 1. The van der Waals surface area contributed by atoms with Crippen molar-refractivity contribution in [2.45, 2.75) is 19.4 Å². The number of amides is 1. The van der Waals surface area contributed by atoms with Crippen LogP contribution in [0, 0.1) is 12.7 Å². The normalized spacial score (nSPS) is 18.8. The van der Waals surface area contributed by atoms with Crippen LogP contribution >= 0.6 is 0 Å². The molecule has 1 aliphatic heterocycles. The predicted molar refractivity (Wildman–Crippen MR) is 73.0 cm³/mol. The molecule has 2 heterocycles. The molecule has 1 aliphatic rings. The minimum absolute atomic E-state index is 0.136. The van der Waals surface area contributed by atoms with Crippen molar-refractivity contribution >= 4 is 16.8 Å². The standard InChI is InChI=1S/C15H15FN2O2/c1-9-6-13(15(20)18-5-4-11(19)8-18)12-3-2-10(16)7-14(12)17-9/h2-3,6-7,11,19H,4-5,8H2,1H3. The smallest absolute Gasteiger partial charge is 0.254 e. The van der Waals surface area contributed by atoms with Crippen LogP contribution in [-0.2, 0) is 0 Å². The number of rotatable bonds is 1. The average molecular weight is 274 g/mol. The molecule has 0 radical (unpaired) electrons. The van der Waals surface area contributed by atoms with Crippen LogP contribution < -0.4 is 0 Å². The predicted octanol–water partition coefficient (Wildman–Crippen LogP) is 1.89. The number of nitrogens with zero attached hydrogens (tertiary/aromatic N) is 2. The number of aliphatic hydroxyl groups is 1. The molecule has 1 N–H and O–H groups in total. The maximum absolute atomic E-state index is 13.3. The first-order chi connectivity index (χ1) is 9.54. The van der Waals surface area contributed by atoms with E-state index in [4.69, 9.17) is 0 Å². The zero-order valence-electron chi connectivity index (χ0n) is 11.1. The molecule has 1 unspecified atom stereocenters. The van der Waals surface area contributed by atoms with Gasteiger partial charge in [-0.1, -0.05) is 0 Å². The fraction of sp³-hybridized carbons (Fsp3) is 0.333. The maximum atomic E-state index is 13.3. The van der Waals surface area contributed by atoms with Gasteiger partial charge in [0.25, 0.3) is 5.91 Å². The molecule has 0 saturated carbocycles. The summed E-state index contributed by atoms with van der Waals surface area (Å²) >= 11 is 0. The molecular weight excluding hydrogens is 259 g/mol. The summed E-state index contributed by atoms with van der Waals surface area (Å²) in [5.41, 5.74) is 1.67. The van der Waals surface area contributed by atoms with Crippen LogP contribution in [0.3, 0.4) is 0 Å². The highest BCUT2D eigenvalue weighted by Gasteiger charge is 2.26. The van der Waals surface area contributed by atoms with Crippen molar-refractivity contribution in [1.82, 2.24) is 9.88 Å². The molecule has 1 atom stereocenters. The highest BCUT2D eigenvalue weighted by Crippen LogP contribution is 2.22. The Balaban J connectivity index is 2.08. The van der Waals surface area contributed by atoms with E-state index in [1.165, 1.54) is 12.1 Å². The van der Waals surface area contributed by atoms with Crippen LogP contribution in [0.15, 0.2) is 24.3 Å². The van der Waals surface area contributed by atoms with Gasteiger partial charge >= 0.3 is 0 Å². The van der Waals surface area contributed by atoms with E-state index in [2.05, 4.69) is 4.98 Å². The van der Waals surface area contributed by atoms with Gasteiger partial charge in [-0.3, -0.25) is 9.78 Å². The summed E-state index contributed by atoms with van der Waals surface area (Å²) in [5.74, 6) is -0.505. The van der Waals surface area contributed by atoms with Crippen molar-refractivity contribution in [3.05, 3.63) is 41.3 Å². The number of fused-ring (bicyclic) bond motifs is 1. The minimum Gasteiger partial charge on any atom is -0.391 e. The molecule has 1 aromatic heterocycles. The number of benzene rings is 1. The first-order valence-electron chi connectivity index (χ1n) is 6.59. The molecule has 0 aliphatic carbocycles. The number of halogens is 1. The molecule has 5 heteroatoms. The maximum Gasteiger partial charge on any atom is 0.254 e. The van der Waals surface area contributed by atoms with Crippen molar-refractivity contribution in [3.8, 4) is 0 Å². The number of likely N-dealkylation sites (tertiary alicyclic amines) is 1. The molecule has 0 bridgehead atoms. The average Bonchev–Trinajstić information content (AvgIpc) is 2.83. The van der Waals surface area contributed by atoms with Crippen LogP contribution in [0.25, 0.3) is 10.9 Å². The van der Waals surface area contributed by atoms with E-state index in [0.717, 1.165) is 0 Å². The minimum atomic E-state index is -0.453. The van der Waals surface area contributed by atoms with Crippen molar-refractivity contribution in [3.63, 3.8) is 0 Å². The summed E-state index contributed by atoms with van der Waals surface area (Å²) < 4.78 is 13.3. The Labute approximate surface area is 115 Å². The van der Waals surface area contributed by atoms with Crippen LogP contribution in [0.2, 0.25) is 0 Å². The number of pyridine rings is 1. The number of aryl methyl sites for hydroxylation is 1. The first-order valence-corrected chi connectivity index (χ1v) is 6.59. The molecule has 3 rings (SSSR count). The summed E-state index contributed by atoms with van der Waals surface area (Å²) in [5, 5.41) is 10.2. The fourth-order valence-corrected chi connectivity index (χ4v) is 2.61. The monoisotopic (exact) mass is 274 g/mol. The van der Waals surface area contributed by atoms with E-state index >= 15 is 0 Å². The van der Waals surface area contributed by atoms with Gasteiger partial charge in [0.05, 0.1) is 17.2 Å². The molecule has 1 saturated heterocycles. The highest BCUT2D eigenvalue weighted by molar-refractivity contribution is 6.06. The Morgan fingerprint density at radius 1 is 1.45 bits per heavy atom. The lowest BCUT2D eigenvalue weighted by molar-refractivity contribution is 0.0766. The van der Waals surface area contributed by atoms with E-state index < -0.39 is 6.10 Å². The number of aromatic nitrogens is 1. The van der Waals surface area contributed by atoms with Crippen molar-refractivity contribution < 1.29 is 14.3 Å². The van der Waals surface area contributed by atoms with Crippen LogP contribution in [0.5, 0.6) is 0 Å². The van der Waals surface area contributed by atoms with Crippen LogP contribution in [0.1, 0.15) is 22.5 Å². The number of β-amino-alcohol motifs (C(OH)–C–C–N with tert-alkyl or cyclic N) is 1. The summed E-state index contributed by atoms with van der Waals surface area (Å²) in [6.45, 7) is 2.67.